The van der Waals surface area contributed by atoms with Crippen molar-refractivity contribution >= 4 is 11.7 Å². The lowest BCUT2D eigenvalue weighted by molar-refractivity contribution is -0.141. The summed E-state index contributed by atoms with van der Waals surface area (Å²) in [7, 11) is 1.62. The number of cyclic esters (lactones) is 1. The van der Waals surface area contributed by atoms with Gasteiger partial charge in [-0.15, -0.1) is 0 Å². The van der Waals surface area contributed by atoms with E-state index in [0.717, 1.165) is 11.3 Å². The molecule has 0 saturated heterocycles. The van der Waals surface area contributed by atoms with Crippen LogP contribution in [-0.2, 0) is 9.53 Å². The maximum Gasteiger partial charge on any atom is 0.320 e. The molecule has 0 fully saturated rings. The second kappa shape index (κ2) is 3.67. The van der Waals surface area contributed by atoms with Crippen molar-refractivity contribution in [2.24, 2.45) is 5.41 Å². The fraction of sp³-hybridized carbons (Fsp3) is 0.308. The zero-order valence-corrected chi connectivity index (χ0v) is 9.61. The van der Waals surface area contributed by atoms with Gasteiger partial charge in [0.05, 0.1) is 12.5 Å². The Morgan fingerprint density at radius 2 is 1.81 bits per heavy atom. The van der Waals surface area contributed by atoms with Crippen molar-refractivity contribution in [2.45, 2.75) is 13.8 Å². The van der Waals surface area contributed by atoms with E-state index in [-0.39, 0.29) is 5.97 Å². The molecule has 0 spiro atoms. The van der Waals surface area contributed by atoms with E-state index in [1.54, 1.807) is 7.11 Å². The van der Waals surface area contributed by atoms with E-state index in [1.165, 1.54) is 0 Å². The Morgan fingerprint density at radius 3 is 2.25 bits per heavy atom. The Labute approximate surface area is 94.7 Å². The summed E-state index contributed by atoms with van der Waals surface area (Å²) in [6.07, 6.45) is 1.84. The molecule has 2 rings (SSSR count). The Balaban J connectivity index is 2.29. The fourth-order valence-corrected chi connectivity index (χ4v) is 1.55. The van der Waals surface area contributed by atoms with Crippen molar-refractivity contribution in [3.8, 4) is 5.75 Å². The molecule has 0 saturated carbocycles. The Bertz CT molecular complexity index is 441. The van der Waals surface area contributed by atoms with E-state index >= 15 is 0 Å². The van der Waals surface area contributed by atoms with Crippen molar-refractivity contribution in [2.75, 3.05) is 7.11 Å². The number of methoxy groups -OCH3 is 1. The highest BCUT2D eigenvalue weighted by Gasteiger charge is 2.35. The van der Waals surface area contributed by atoms with Crippen molar-refractivity contribution in [3.05, 3.63) is 35.9 Å². The first-order chi connectivity index (χ1) is 7.53. The normalized spacial score (nSPS) is 17.9. The number of esters is 1. The molecule has 3 nitrogen and oxygen atoms in total. The largest absolute Gasteiger partial charge is 0.497 e. The SMILES string of the molecule is COc1ccc(C2=CC(C)(C)C(=O)O2)cc1. The van der Waals surface area contributed by atoms with Crippen molar-refractivity contribution in [3.63, 3.8) is 0 Å². The lowest BCUT2D eigenvalue weighted by Crippen LogP contribution is -2.17. The van der Waals surface area contributed by atoms with E-state index in [9.17, 15) is 4.79 Å². The number of hydrogen-bond acceptors (Lipinski definition) is 3. The fourth-order valence-electron chi connectivity index (χ4n) is 1.55. The summed E-state index contributed by atoms with van der Waals surface area (Å²) in [6, 6.07) is 7.43. The molecule has 0 N–H and O–H groups in total. The van der Waals surface area contributed by atoms with Crippen LogP contribution in [-0.4, -0.2) is 13.1 Å². The first kappa shape index (κ1) is 10.7. The van der Waals surface area contributed by atoms with Gasteiger partial charge in [-0.25, -0.2) is 0 Å². The third-order valence-corrected chi connectivity index (χ3v) is 2.60. The quantitative estimate of drug-likeness (QED) is 0.716. The lowest BCUT2D eigenvalue weighted by Gasteiger charge is -2.07. The van der Waals surface area contributed by atoms with Crippen LogP contribution in [0.2, 0.25) is 0 Å². The average molecular weight is 218 g/mol. The molecular formula is C13H14O3. The number of rotatable bonds is 2. The maximum absolute atomic E-state index is 11.5. The highest BCUT2D eigenvalue weighted by Crippen LogP contribution is 2.34. The molecule has 0 aromatic heterocycles. The average Bonchev–Trinajstić information content (AvgIpc) is 2.54. The number of carbonyl (C=O) groups excluding carboxylic acids is 1. The third-order valence-electron chi connectivity index (χ3n) is 2.60. The standard InChI is InChI=1S/C13H14O3/c1-13(2)8-11(16-12(13)14)9-4-6-10(15-3)7-5-9/h4-8H,1-3H3. The van der Waals surface area contributed by atoms with Crippen molar-refractivity contribution in [1.82, 2.24) is 0 Å². The van der Waals surface area contributed by atoms with Crippen molar-refractivity contribution in [1.29, 1.82) is 0 Å². The van der Waals surface area contributed by atoms with E-state index in [0.29, 0.717) is 5.76 Å². The van der Waals surface area contributed by atoms with Crippen LogP contribution in [0.25, 0.3) is 5.76 Å². The molecule has 0 radical (unpaired) electrons. The first-order valence-corrected chi connectivity index (χ1v) is 5.12. The first-order valence-electron chi connectivity index (χ1n) is 5.12. The zero-order chi connectivity index (χ0) is 11.8. The smallest absolute Gasteiger partial charge is 0.320 e. The molecule has 1 aliphatic rings. The van der Waals surface area contributed by atoms with Gasteiger partial charge in [-0.2, -0.15) is 0 Å². The molecule has 0 bridgehead atoms. The van der Waals surface area contributed by atoms with E-state index in [2.05, 4.69) is 0 Å². The Morgan fingerprint density at radius 1 is 1.19 bits per heavy atom. The summed E-state index contributed by atoms with van der Waals surface area (Å²) < 4.78 is 10.3. The zero-order valence-electron chi connectivity index (χ0n) is 9.61. The molecule has 1 heterocycles. The van der Waals surface area contributed by atoms with Gasteiger partial charge < -0.3 is 9.47 Å². The summed E-state index contributed by atoms with van der Waals surface area (Å²) >= 11 is 0. The number of carbonyl (C=O) groups is 1. The molecular weight excluding hydrogens is 204 g/mol. The third kappa shape index (κ3) is 1.81. The van der Waals surface area contributed by atoms with Gasteiger partial charge in [0.25, 0.3) is 0 Å². The minimum atomic E-state index is -0.532. The van der Waals surface area contributed by atoms with Crippen LogP contribution in [0.1, 0.15) is 19.4 Å². The highest BCUT2D eigenvalue weighted by atomic mass is 16.5. The number of benzene rings is 1. The van der Waals surface area contributed by atoms with E-state index in [4.69, 9.17) is 9.47 Å². The molecule has 16 heavy (non-hydrogen) atoms. The van der Waals surface area contributed by atoms with Crippen molar-refractivity contribution < 1.29 is 14.3 Å². The van der Waals surface area contributed by atoms with Gasteiger partial charge in [-0.3, -0.25) is 4.79 Å². The van der Waals surface area contributed by atoms with E-state index < -0.39 is 5.41 Å². The van der Waals surface area contributed by atoms with Gasteiger partial charge in [0.2, 0.25) is 0 Å². The summed E-state index contributed by atoms with van der Waals surface area (Å²) in [6.45, 7) is 3.68. The van der Waals surface area contributed by atoms with Crippen LogP contribution in [0.15, 0.2) is 30.3 Å². The van der Waals surface area contributed by atoms with Crippen LogP contribution in [0.4, 0.5) is 0 Å². The molecule has 1 aliphatic heterocycles. The second-order valence-corrected chi connectivity index (χ2v) is 4.35. The van der Waals surface area contributed by atoms with Gasteiger partial charge in [-0.1, -0.05) is 0 Å². The Hall–Kier alpha value is -1.77. The number of ether oxygens (including phenoxy) is 2. The topological polar surface area (TPSA) is 35.5 Å². The van der Waals surface area contributed by atoms with Crippen LogP contribution < -0.4 is 4.74 Å². The molecule has 0 aliphatic carbocycles. The van der Waals surface area contributed by atoms with Gasteiger partial charge in [0.15, 0.2) is 0 Å². The summed E-state index contributed by atoms with van der Waals surface area (Å²) in [5.74, 6) is 1.20. The summed E-state index contributed by atoms with van der Waals surface area (Å²) in [5, 5.41) is 0. The highest BCUT2D eigenvalue weighted by molar-refractivity contribution is 5.90. The van der Waals surface area contributed by atoms with Crippen LogP contribution in [0.5, 0.6) is 5.75 Å². The maximum atomic E-state index is 11.5. The van der Waals surface area contributed by atoms with Gasteiger partial charge >= 0.3 is 5.97 Å². The molecule has 0 unspecified atom stereocenters. The molecule has 84 valence electrons. The summed E-state index contributed by atoms with van der Waals surface area (Å²) in [5.41, 5.74) is 0.356. The predicted molar refractivity (Wildman–Crippen MR) is 60.8 cm³/mol. The summed E-state index contributed by atoms with van der Waals surface area (Å²) in [4.78, 5) is 11.5. The second-order valence-electron chi connectivity index (χ2n) is 4.35. The van der Waals surface area contributed by atoms with Gasteiger partial charge in [-0.05, 0) is 44.2 Å². The van der Waals surface area contributed by atoms with Gasteiger partial charge in [0, 0.05) is 5.56 Å². The molecule has 1 aromatic rings. The molecule has 1 aromatic carbocycles. The lowest BCUT2D eigenvalue weighted by atomic mass is 9.94. The minimum Gasteiger partial charge on any atom is -0.497 e. The van der Waals surface area contributed by atoms with Crippen LogP contribution >= 0.6 is 0 Å². The Kier molecular flexibility index (Phi) is 2.46. The predicted octanol–water partition coefficient (Wildman–Crippen LogP) is 2.62. The number of hydrogen-bond donors (Lipinski definition) is 0. The monoisotopic (exact) mass is 218 g/mol. The minimum absolute atomic E-state index is 0.210. The van der Waals surface area contributed by atoms with Crippen LogP contribution in [0.3, 0.4) is 0 Å². The van der Waals surface area contributed by atoms with E-state index in [1.807, 2.05) is 44.2 Å². The van der Waals surface area contributed by atoms with Crippen LogP contribution in [0, 0.1) is 5.41 Å². The van der Waals surface area contributed by atoms with Gasteiger partial charge in [0.1, 0.15) is 11.5 Å². The molecule has 3 heteroatoms. The molecule has 0 amide bonds. The molecule has 0 atom stereocenters.